The monoisotopic (exact) mass is 422 g/mol. The largest absolute Gasteiger partial charge is 0.486 e. The molecule has 2 aromatic carbocycles. The van der Waals surface area contributed by atoms with Crippen LogP contribution < -0.4 is 10.1 Å². The second-order valence-corrected chi connectivity index (χ2v) is 8.42. The molecule has 31 heavy (non-hydrogen) atoms. The van der Waals surface area contributed by atoms with Crippen molar-refractivity contribution in [1.82, 2.24) is 10.2 Å². The Bertz CT molecular complexity index is 1010. The number of nitrogens with one attached hydrogen (secondary N) is 1. The summed E-state index contributed by atoms with van der Waals surface area (Å²) in [6.07, 6.45) is 0.00196. The average molecular weight is 423 g/mol. The van der Waals surface area contributed by atoms with Gasteiger partial charge >= 0.3 is 0 Å². The van der Waals surface area contributed by atoms with Gasteiger partial charge in [0.15, 0.2) is 5.76 Å². The number of amides is 1. The Balaban J connectivity index is 1.26. The maximum atomic E-state index is 12.5. The van der Waals surface area contributed by atoms with Crippen molar-refractivity contribution in [3.63, 3.8) is 0 Å². The molecule has 164 valence electrons. The Labute approximate surface area is 183 Å². The lowest BCUT2D eigenvalue weighted by molar-refractivity contribution is -0.0296. The van der Waals surface area contributed by atoms with Gasteiger partial charge < -0.3 is 19.2 Å². The molecular formula is C25H30N2O4. The molecule has 1 amide bonds. The number of carbonyl (C=O) groups is 1. The second kappa shape index (κ2) is 9.98. The number of furan rings is 1. The lowest BCUT2D eigenvalue weighted by Crippen LogP contribution is -2.48. The summed E-state index contributed by atoms with van der Waals surface area (Å²) in [5.41, 5.74) is 0. The second-order valence-electron chi connectivity index (χ2n) is 8.42. The zero-order chi connectivity index (χ0) is 21.6. The summed E-state index contributed by atoms with van der Waals surface area (Å²) < 4.78 is 17.3. The highest BCUT2D eigenvalue weighted by atomic mass is 16.5. The summed E-state index contributed by atoms with van der Waals surface area (Å²) in [4.78, 5) is 14.9. The summed E-state index contributed by atoms with van der Waals surface area (Å²) in [7, 11) is 0. The molecule has 1 unspecified atom stereocenters. The number of hydrogen-bond donors (Lipinski definition) is 1. The van der Waals surface area contributed by atoms with Gasteiger partial charge in [-0.25, -0.2) is 0 Å². The molecule has 1 aliphatic rings. The standard InChI is InChI=1S/C25H30N2O4/c1-18(2)15-27-11-12-29-23(16-27)14-26-25(28)24-10-9-22(31-24)17-30-21-8-7-19-5-3-4-6-20(19)13-21/h3-10,13,18,23H,11-12,14-17H2,1-2H3,(H,26,28). The van der Waals surface area contributed by atoms with Crippen LogP contribution in [0, 0.1) is 5.92 Å². The van der Waals surface area contributed by atoms with Gasteiger partial charge in [0.05, 0.1) is 12.7 Å². The molecular weight excluding hydrogens is 392 g/mol. The van der Waals surface area contributed by atoms with Crippen LogP contribution in [0.2, 0.25) is 0 Å². The number of carbonyl (C=O) groups excluding carboxylic acids is 1. The SMILES string of the molecule is CC(C)CN1CCOC(CNC(=O)c2ccc(COc3ccc4ccccc4c3)o2)C1. The number of nitrogens with zero attached hydrogens (tertiary/aromatic N) is 1. The third kappa shape index (κ3) is 5.87. The topological polar surface area (TPSA) is 63.9 Å². The van der Waals surface area contributed by atoms with Crippen molar-refractivity contribution in [2.24, 2.45) is 5.92 Å². The van der Waals surface area contributed by atoms with Gasteiger partial charge in [0.2, 0.25) is 0 Å². The van der Waals surface area contributed by atoms with Crippen LogP contribution in [0.3, 0.4) is 0 Å². The lowest BCUT2D eigenvalue weighted by Gasteiger charge is -2.33. The van der Waals surface area contributed by atoms with E-state index in [9.17, 15) is 4.79 Å². The van der Waals surface area contributed by atoms with Crippen molar-refractivity contribution in [3.05, 3.63) is 66.1 Å². The Morgan fingerprint density at radius 2 is 2.00 bits per heavy atom. The fourth-order valence-electron chi connectivity index (χ4n) is 3.87. The zero-order valence-electron chi connectivity index (χ0n) is 18.2. The molecule has 1 fully saturated rings. The Hall–Kier alpha value is -2.83. The summed E-state index contributed by atoms with van der Waals surface area (Å²) in [5, 5.41) is 5.21. The molecule has 4 rings (SSSR count). The van der Waals surface area contributed by atoms with Gasteiger partial charge in [0.1, 0.15) is 18.1 Å². The number of morpholine rings is 1. The van der Waals surface area contributed by atoms with E-state index in [1.165, 1.54) is 5.39 Å². The molecule has 0 aliphatic carbocycles. The van der Waals surface area contributed by atoms with Crippen molar-refractivity contribution < 1.29 is 18.7 Å². The molecule has 2 heterocycles. The number of fused-ring (bicyclic) bond motifs is 1. The van der Waals surface area contributed by atoms with Crippen LogP contribution >= 0.6 is 0 Å². The third-order valence-electron chi connectivity index (χ3n) is 5.32. The molecule has 0 bridgehead atoms. The van der Waals surface area contributed by atoms with Gasteiger partial charge in [-0.05, 0) is 41.0 Å². The van der Waals surface area contributed by atoms with Crippen molar-refractivity contribution >= 4 is 16.7 Å². The van der Waals surface area contributed by atoms with Crippen molar-refractivity contribution in [2.75, 3.05) is 32.8 Å². The lowest BCUT2D eigenvalue weighted by atomic mass is 10.1. The first-order valence-corrected chi connectivity index (χ1v) is 10.9. The van der Waals surface area contributed by atoms with Crippen molar-refractivity contribution in [2.45, 2.75) is 26.6 Å². The van der Waals surface area contributed by atoms with Crippen LogP contribution in [-0.4, -0.2) is 49.7 Å². The minimum absolute atomic E-state index is 0.00196. The summed E-state index contributed by atoms with van der Waals surface area (Å²) in [6.45, 7) is 8.69. The number of benzene rings is 2. The van der Waals surface area contributed by atoms with E-state index in [4.69, 9.17) is 13.9 Å². The predicted octanol–water partition coefficient (Wildman–Crippen LogP) is 4.10. The minimum atomic E-state index is -0.235. The highest BCUT2D eigenvalue weighted by Gasteiger charge is 2.22. The van der Waals surface area contributed by atoms with Crippen LogP contribution in [0.5, 0.6) is 5.75 Å². The van der Waals surface area contributed by atoms with Gasteiger partial charge in [0, 0.05) is 26.2 Å². The number of rotatable bonds is 8. The van der Waals surface area contributed by atoms with E-state index >= 15 is 0 Å². The van der Waals surface area contributed by atoms with E-state index in [1.54, 1.807) is 12.1 Å². The van der Waals surface area contributed by atoms with Gasteiger partial charge in [-0.2, -0.15) is 0 Å². The van der Waals surface area contributed by atoms with Crippen molar-refractivity contribution in [1.29, 1.82) is 0 Å². The van der Waals surface area contributed by atoms with Gasteiger partial charge in [-0.15, -0.1) is 0 Å². The Kier molecular flexibility index (Phi) is 6.89. The fraction of sp³-hybridized carbons (Fsp3) is 0.400. The van der Waals surface area contributed by atoms with E-state index in [-0.39, 0.29) is 24.4 Å². The average Bonchev–Trinajstić information content (AvgIpc) is 3.25. The quantitative estimate of drug-likeness (QED) is 0.592. The van der Waals surface area contributed by atoms with Crippen molar-refractivity contribution in [3.8, 4) is 5.75 Å². The molecule has 6 heteroatoms. The van der Waals surface area contributed by atoms with Gasteiger partial charge in [0.25, 0.3) is 5.91 Å². The molecule has 1 atom stereocenters. The van der Waals surface area contributed by atoms with Crippen LogP contribution in [0.25, 0.3) is 10.8 Å². The summed E-state index contributed by atoms with van der Waals surface area (Å²) in [5.74, 6) is 2.04. The number of hydrogen-bond acceptors (Lipinski definition) is 5. The number of ether oxygens (including phenoxy) is 2. The van der Waals surface area contributed by atoms with Crippen LogP contribution in [0.15, 0.2) is 59.0 Å². The highest BCUT2D eigenvalue weighted by molar-refractivity contribution is 5.91. The predicted molar refractivity (Wildman–Crippen MR) is 120 cm³/mol. The first-order chi connectivity index (χ1) is 15.1. The maximum Gasteiger partial charge on any atom is 0.287 e. The summed E-state index contributed by atoms with van der Waals surface area (Å²) in [6, 6.07) is 17.6. The molecule has 0 radical (unpaired) electrons. The molecule has 6 nitrogen and oxygen atoms in total. The zero-order valence-corrected chi connectivity index (χ0v) is 18.2. The first-order valence-electron chi connectivity index (χ1n) is 10.9. The minimum Gasteiger partial charge on any atom is -0.486 e. The smallest absolute Gasteiger partial charge is 0.287 e. The molecule has 3 aromatic rings. The normalized spacial score (nSPS) is 17.2. The maximum absolute atomic E-state index is 12.5. The van der Waals surface area contributed by atoms with E-state index in [0.29, 0.717) is 24.8 Å². The van der Waals surface area contributed by atoms with E-state index in [2.05, 4.69) is 36.2 Å². The molecule has 1 aromatic heterocycles. The van der Waals surface area contributed by atoms with Gasteiger partial charge in [-0.3, -0.25) is 9.69 Å². The fourth-order valence-corrected chi connectivity index (χ4v) is 3.87. The summed E-state index contributed by atoms with van der Waals surface area (Å²) >= 11 is 0. The molecule has 1 aliphatic heterocycles. The van der Waals surface area contributed by atoms with Crippen LogP contribution in [0.4, 0.5) is 0 Å². The van der Waals surface area contributed by atoms with E-state index in [0.717, 1.165) is 30.8 Å². The molecule has 1 N–H and O–H groups in total. The first kappa shape index (κ1) is 21.4. The molecule has 0 saturated carbocycles. The third-order valence-corrected chi connectivity index (χ3v) is 5.32. The van der Waals surface area contributed by atoms with Crippen LogP contribution in [0.1, 0.15) is 30.2 Å². The Morgan fingerprint density at radius 3 is 2.84 bits per heavy atom. The van der Waals surface area contributed by atoms with E-state index in [1.807, 2.05) is 30.3 Å². The molecule has 1 saturated heterocycles. The van der Waals surface area contributed by atoms with Crippen LogP contribution in [-0.2, 0) is 11.3 Å². The highest BCUT2D eigenvalue weighted by Crippen LogP contribution is 2.22. The van der Waals surface area contributed by atoms with E-state index < -0.39 is 0 Å². The Morgan fingerprint density at radius 1 is 1.16 bits per heavy atom. The molecule has 0 spiro atoms. The van der Waals surface area contributed by atoms with Gasteiger partial charge in [-0.1, -0.05) is 44.2 Å².